The summed E-state index contributed by atoms with van der Waals surface area (Å²) in [5.74, 6) is 0.314. The van der Waals surface area contributed by atoms with Gasteiger partial charge in [-0.05, 0) is 110 Å². The first-order chi connectivity index (χ1) is 25.6. The molecule has 0 N–H and O–H groups in total. The second-order valence-corrected chi connectivity index (χ2v) is 13.8. The Morgan fingerprint density at radius 3 is 2.04 bits per heavy atom. The van der Waals surface area contributed by atoms with Gasteiger partial charge in [-0.15, -0.1) is 5.11 Å². The summed E-state index contributed by atoms with van der Waals surface area (Å²) in [5.41, 5.74) is 9.50. The molecule has 0 fully saturated rings. The van der Waals surface area contributed by atoms with E-state index in [4.69, 9.17) is 44.2 Å². The third kappa shape index (κ3) is 5.87. The van der Waals surface area contributed by atoms with E-state index in [2.05, 4.69) is 134 Å². The van der Waals surface area contributed by atoms with Gasteiger partial charge in [0.25, 0.3) is 0 Å². The molecule has 0 amide bonds. The highest BCUT2D eigenvalue weighted by Gasteiger charge is 2.37. The molecule has 7 heteroatoms. The number of allylic oxidation sites excluding steroid dienone is 6. The van der Waals surface area contributed by atoms with E-state index in [1.807, 2.05) is 29.7 Å². The third-order valence-corrected chi connectivity index (χ3v) is 10.4. The van der Waals surface area contributed by atoms with Crippen molar-refractivity contribution in [3.63, 3.8) is 0 Å². The van der Waals surface area contributed by atoms with Crippen molar-refractivity contribution in [2.24, 2.45) is 0 Å². The van der Waals surface area contributed by atoms with Gasteiger partial charge >= 0.3 is 0 Å². The molecule has 1 heterocycles. The van der Waals surface area contributed by atoms with Crippen LogP contribution in [-0.2, 0) is 11.6 Å². The highest BCUT2D eigenvalue weighted by atomic mass is 15.1. The number of hydrogen-bond acceptors (Lipinski definition) is 1. The number of rotatable bonds is 8. The molecule has 0 atom stereocenters. The lowest BCUT2D eigenvalue weighted by molar-refractivity contribution is 0.746. The van der Waals surface area contributed by atoms with Crippen LogP contribution in [0.4, 0.5) is 0 Å². The Morgan fingerprint density at radius 1 is 0.755 bits per heavy atom. The highest BCUT2D eigenvalue weighted by Crippen LogP contribution is 2.46. The smallest absolute Gasteiger partial charge is 0.101 e. The van der Waals surface area contributed by atoms with Crippen LogP contribution < -0.4 is 0 Å². The van der Waals surface area contributed by atoms with Gasteiger partial charge in [0, 0.05) is 5.69 Å². The van der Waals surface area contributed by atoms with Gasteiger partial charge in [0.2, 0.25) is 0 Å². The van der Waals surface area contributed by atoms with Crippen molar-refractivity contribution in [2.45, 2.75) is 30.1 Å². The van der Waals surface area contributed by atoms with Gasteiger partial charge in [0.15, 0.2) is 0 Å². The molecule has 0 bridgehead atoms. The van der Waals surface area contributed by atoms with Crippen LogP contribution in [0.5, 0.6) is 0 Å². The van der Waals surface area contributed by atoms with Gasteiger partial charge in [-0.25, -0.2) is 4.98 Å². The molecule has 10 radical (unpaired) electrons. The Morgan fingerprint density at radius 2 is 1.38 bits per heavy atom. The van der Waals surface area contributed by atoms with Crippen LogP contribution in [0, 0.1) is 0 Å². The van der Waals surface area contributed by atoms with Gasteiger partial charge in [-0.3, -0.25) is 4.57 Å². The maximum Gasteiger partial charge on any atom is 0.101 e. The number of aryl methyl sites for hydroxylation is 1. The molecule has 1 aliphatic rings. The first kappa shape index (κ1) is 34.7. The molecule has 242 valence electrons. The molecule has 1 aliphatic carbocycles. The number of benzene rings is 6. The largest absolute Gasteiger partial charge is 0.297 e. The lowest BCUT2D eigenvalue weighted by Crippen LogP contribution is -2.45. The van der Waals surface area contributed by atoms with Gasteiger partial charge < -0.3 is 0 Å². The van der Waals surface area contributed by atoms with Gasteiger partial charge in [0.05, 0.1) is 50.6 Å². The quantitative estimate of drug-likeness (QED) is 0.0897. The molecule has 1 aromatic heterocycles. The van der Waals surface area contributed by atoms with Gasteiger partial charge in [-0.1, -0.05) is 133 Å². The Kier molecular flexibility index (Phi) is 8.85. The Balaban J connectivity index is 1.32. The monoisotopic (exact) mass is 668 g/mol. The molecular weight excluding hydrogens is 635 g/mol. The summed E-state index contributed by atoms with van der Waals surface area (Å²) in [6, 6.07) is 38.9. The number of nitrogens with zero attached hydrogens (tertiary/aromatic N) is 2. The number of hydrogen-bond donors (Lipinski definition) is 0. The molecule has 0 spiro atoms. The summed E-state index contributed by atoms with van der Waals surface area (Å²) in [7, 11) is 31.4. The lowest BCUT2D eigenvalue weighted by Gasteiger charge is -2.41. The highest BCUT2D eigenvalue weighted by molar-refractivity contribution is 6.67. The van der Waals surface area contributed by atoms with Crippen LogP contribution in [0.1, 0.15) is 36.1 Å². The fourth-order valence-corrected chi connectivity index (χ4v) is 7.66. The predicted octanol–water partition coefficient (Wildman–Crippen LogP) is 9.84. The normalized spacial score (nSPS) is 13.6. The van der Waals surface area contributed by atoms with Crippen molar-refractivity contribution in [3.05, 3.63) is 169 Å². The molecule has 53 heavy (non-hydrogen) atoms. The van der Waals surface area contributed by atoms with E-state index in [0.717, 1.165) is 57.4 Å². The minimum Gasteiger partial charge on any atom is -0.297 e. The van der Waals surface area contributed by atoms with Crippen molar-refractivity contribution in [1.29, 1.82) is 0 Å². The summed E-state index contributed by atoms with van der Waals surface area (Å²) in [6.45, 7) is 6.18. The molecule has 7 aromatic rings. The first-order valence-corrected chi connectivity index (χ1v) is 17.9. The zero-order valence-electron chi connectivity index (χ0n) is 29.8. The van der Waals surface area contributed by atoms with E-state index in [1.165, 1.54) is 38.2 Å². The van der Waals surface area contributed by atoms with E-state index in [9.17, 15) is 0 Å². The van der Waals surface area contributed by atoms with Gasteiger partial charge in [-0.2, -0.15) is 0 Å². The van der Waals surface area contributed by atoms with E-state index in [1.54, 1.807) is 0 Å². The Hall–Kier alpha value is -5.41. The van der Waals surface area contributed by atoms with E-state index in [0.29, 0.717) is 5.82 Å². The zero-order chi connectivity index (χ0) is 36.9. The minimum absolute atomic E-state index is 0.314. The summed E-state index contributed by atoms with van der Waals surface area (Å²) < 4.78 is 1.93. The van der Waals surface area contributed by atoms with Crippen molar-refractivity contribution in [1.82, 2.24) is 9.55 Å². The van der Waals surface area contributed by atoms with Crippen LogP contribution in [-0.4, -0.2) is 48.8 Å². The van der Waals surface area contributed by atoms with E-state index in [-0.39, 0.29) is 0 Å². The molecule has 6 aromatic carbocycles. The van der Waals surface area contributed by atoms with Crippen LogP contribution >= 0.6 is 0 Å². The van der Waals surface area contributed by atoms with Crippen LogP contribution in [0.2, 0.25) is 5.11 Å². The van der Waals surface area contributed by atoms with Crippen LogP contribution in [0.25, 0.3) is 71.9 Å². The zero-order valence-corrected chi connectivity index (χ0v) is 29.8. The van der Waals surface area contributed by atoms with Gasteiger partial charge in [0.1, 0.15) is 5.82 Å². The fourth-order valence-electron chi connectivity index (χ4n) is 7.66. The van der Waals surface area contributed by atoms with Crippen molar-refractivity contribution in [3.8, 4) is 27.9 Å². The molecule has 0 saturated heterocycles. The third-order valence-electron chi connectivity index (χ3n) is 10.4. The first-order valence-electron chi connectivity index (χ1n) is 17.9. The standard InChI is InChI=1S/C46H33B5N2/c1-3-5-14-29(4-2)34-15-6-7-16-35(34)43-38-19-10-8-17-36(38)42(37-18-9-11-20-39(37)43)32-24-23-31-28-33(26-25-30(31)27-32)53-41-22-13-12-21-40(41)52-44(53)45(47,48)46(49,50)51/h3-11,13-20,22-28H,2,12,21H2,1H3/b5-3-,29-14+. The minimum atomic E-state index is -1.91. The average molecular weight is 668 g/mol. The number of imidazole rings is 1. The molecule has 0 saturated carbocycles. The van der Waals surface area contributed by atoms with Crippen molar-refractivity contribution >= 4 is 83.2 Å². The Labute approximate surface area is 318 Å². The molecular formula is C46H33B5N2. The lowest BCUT2D eigenvalue weighted by atomic mass is 9.23. The molecule has 2 nitrogen and oxygen atoms in total. The Bertz CT molecular complexity index is 2610. The maximum absolute atomic E-state index is 6.54. The maximum atomic E-state index is 6.54. The van der Waals surface area contributed by atoms with Crippen molar-refractivity contribution in [2.75, 3.05) is 0 Å². The van der Waals surface area contributed by atoms with E-state index < -0.39 is 10.3 Å². The topological polar surface area (TPSA) is 17.8 Å². The van der Waals surface area contributed by atoms with Crippen molar-refractivity contribution < 1.29 is 0 Å². The molecule has 8 rings (SSSR count). The predicted molar refractivity (Wildman–Crippen MR) is 230 cm³/mol. The summed E-state index contributed by atoms with van der Waals surface area (Å²) in [4.78, 5) is 4.83. The number of aromatic nitrogens is 2. The second-order valence-electron chi connectivity index (χ2n) is 13.8. The number of fused-ring (bicyclic) bond motifs is 4. The second kappa shape index (κ2) is 13.5. The summed E-state index contributed by atoms with van der Waals surface area (Å²) >= 11 is 0. The summed E-state index contributed by atoms with van der Waals surface area (Å²) in [5, 5.41) is 3.16. The van der Waals surface area contributed by atoms with Crippen LogP contribution in [0.3, 0.4) is 0 Å². The average Bonchev–Trinajstić information content (AvgIpc) is 3.57. The molecule has 0 aliphatic heterocycles. The van der Waals surface area contributed by atoms with E-state index >= 15 is 0 Å². The SMILES string of the molecule is [B]C([B])([B])C([B])([B])c1nc2c(n1-c1ccc3cc(-c4c5ccccc5c(-c5ccccc5/C(C=C)=C/C=C\C)c5ccccc45)ccc3c1)C=CCC2. The summed E-state index contributed by atoms with van der Waals surface area (Å²) in [6.07, 6.45) is 13.9. The fraction of sp³-hybridized carbons (Fsp3) is 0.109. The molecule has 0 unspecified atom stereocenters. The van der Waals surface area contributed by atoms with Crippen LogP contribution in [0.15, 0.2) is 146 Å².